The first-order valence-electron chi connectivity index (χ1n) is 6.49. The molecule has 3 nitrogen and oxygen atoms in total. The topological polar surface area (TPSA) is 46.3 Å². The number of benzene rings is 1. The van der Waals surface area contributed by atoms with Gasteiger partial charge in [-0.3, -0.25) is 4.79 Å². The monoisotopic (exact) mass is 262 g/mol. The molecular weight excluding hydrogens is 244 g/mol. The number of fused-ring (bicyclic) bond motifs is 1. The maximum Gasteiger partial charge on any atom is 0.240 e. The summed E-state index contributed by atoms with van der Waals surface area (Å²) in [6.07, 6.45) is 2.01. The number of carbonyl (C=O) groups excluding carboxylic acids is 1. The highest BCUT2D eigenvalue weighted by molar-refractivity contribution is 8.00. The Kier molecular flexibility index (Phi) is 3.31. The Labute approximate surface area is 112 Å². The quantitative estimate of drug-likeness (QED) is 0.836. The van der Waals surface area contributed by atoms with Crippen LogP contribution in [0.25, 0.3) is 0 Å². The third-order valence-electron chi connectivity index (χ3n) is 3.75. The van der Waals surface area contributed by atoms with E-state index < -0.39 is 0 Å². The van der Waals surface area contributed by atoms with Crippen molar-refractivity contribution in [3.63, 3.8) is 0 Å². The van der Waals surface area contributed by atoms with Gasteiger partial charge >= 0.3 is 0 Å². The van der Waals surface area contributed by atoms with Crippen LogP contribution in [-0.4, -0.2) is 35.7 Å². The number of rotatable bonds is 1. The van der Waals surface area contributed by atoms with Crippen molar-refractivity contribution in [2.45, 2.75) is 24.1 Å². The predicted octanol–water partition coefficient (Wildman–Crippen LogP) is 1.58. The SMILES string of the molecule is NC1CCN(C(=O)C2SCCc3ccccc32)C1. The lowest BCUT2D eigenvalue weighted by Crippen LogP contribution is -2.35. The minimum atomic E-state index is -0.0137. The summed E-state index contributed by atoms with van der Waals surface area (Å²) in [7, 11) is 0. The molecule has 4 heteroatoms. The third-order valence-corrected chi connectivity index (χ3v) is 4.98. The molecule has 1 fully saturated rings. The van der Waals surface area contributed by atoms with E-state index in [4.69, 9.17) is 5.73 Å². The summed E-state index contributed by atoms with van der Waals surface area (Å²) in [6.45, 7) is 1.54. The molecule has 2 heterocycles. The minimum Gasteiger partial charge on any atom is -0.340 e. The third kappa shape index (κ3) is 2.15. The fourth-order valence-corrected chi connectivity index (χ4v) is 4.03. The first kappa shape index (κ1) is 12.1. The molecule has 3 rings (SSSR count). The van der Waals surface area contributed by atoms with Crippen molar-refractivity contribution in [3.05, 3.63) is 35.4 Å². The number of thioether (sulfide) groups is 1. The van der Waals surface area contributed by atoms with Crippen molar-refractivity contribution in [1.29, 1.82) is 0 Å². The van der Waals surface area contributed by atoms with Crippen LogP contribution in [0.5, 0.6) is 0 Å². The molecule has 1 saturated heterocycles. The molecule has 0 aromatic heterocycles. The number of hydrogen-bond donors (Lipinski definition) is 1. The Morgan fingerprint density at radius 3 is 3.00 bits per heavy atom. The molecule has 0 bridgehead atoms. The minimum absolute atomic E-state index is 0.0137. The number of carbonyl (C=O) groups is 1. The van der Waals surface area contributed by atoms with E-state index in [1.807, 2.05) is 11.0 Å². The van der Waals surface area contributed by atoms with E-state index in [9.17, 15) is 4.79 Å². The molecule has 1 aromatic rings. The van der Waals surface area contributed by atoms with Crippen LogP contribution in [0.1, 0.15) is 22.8 Å². The van der Waals surface area contributed by atoms with E-state index in [0.717, 1.165) is 31.7 Å². The van der Waals surface area contributed by atoms with Crippen LogP contribution in [0, 0.1) is 0 Å². The van der Waals surface area contributed by atoms with Gasteiger partial charge in [0.1, 0.15) is 5.25 Å². The average Bonchev–Trinajstić information content (AvgIpc) is 2.84. The van der Waals surface area contributed by atoms with E-state index in [-0.39, 0.29) is 17.2 Å². The summed E-state index contributed by atoms with van der Waals surface area (Å²) in [5.74, 6) is 1.29. The van der Waals surface area contributed by atoms with Crippen LogP contribution < -0.4 is 5.73 Å². The van der Waals surface area contributed by atoms with Gasteiger partial charge < -0.3 is 10.6 Å². The van der Waals surface area contributed by atoms with Crippen molar-refractivity contribution >= 4 is 17.7 Å². The molecule has 2 N–H and O–H groups in total. The number of nitrogens with zero attached hydrogens (tertiary/aromatic N) is 1. The Morgan fingerprint density at radius 2 is 2.22 bits per heavy atom. The van der Waals surface area contributed by atoms with Crippen molar-refractivity contribution < 1.29 is 4.79 Å². The molecule has 2 atom stereocenters. The summed E-state index contributed by atoms with van der Waals surface area (Å²) in [5, 5.41) is -0.0137. The van der Waals surface area contributed by atoms with Crippen LogP contribution in [0.2, 0.25) is 0 Å². The fourth-order valence-electron chi connectivity index (χ4n) is 2.75. The van der Waals surface area contributed by atoms with E-state index in [1.165, 1.54) is 11.1 Å². The van der Waals surface area contributed by atoms with E-state index in [0.29, 0.717) is 0 Å². The number of likely N-dealkylation sites (tertiary alicyclic amines) is 1. The molecule has 1 amide bonds. The summed E-state index contributed by atoms with van der Waals surface area (Å²) >= 11 is 1.77. The van der Waals surface area contributed by atoms with Crippen molar-refractivity contribution in [2.75, 3.05) is 18.8 Å². The van der Waals surface area contributed by atoms with Crippen LogP contribution >= 0.6 is 11.8 Å². The summed E-state index contributed by atoms with van der Waals surface area (Å²) in [6, 6.07) is 8.49. The smallest absolute Gasteiger partial charge is 0.240 e. The highest BCUT2D eigenvalue weighted by Crippen LogP contribution is 2.38. The van der Waals surface area contributed by atoms with Gasteiger partial charge in [0.15, 0.2) is 0 Å². The van der Waals surface area contributed by atoms with Crippen molar-refractivity contribution in [1.82, 2.24) is 4.90 Å². The molecule has 1 aromatic carbocycles. The molecule has 18 heavy (non-hydrogen) atoms. The van der Waals surface area contributed by atoms with Gasteiger partial charge in [0.2, 0.25) is 5.91 Å². The van der Waals surface area contributed by atoms with Gasteiger partial charge in [0.05, 0.1) is 0 Å². The predicted molar refractivity (Wildman–Crippen MR) is 74.5 cm³/mol. The lowest BCUT2D eigenvalue weighted by Gasteiger charge is -2.28. The molecule has 96 valence electrons. The largest absolute Gasteiger partial charge is 0.340 e. The number of aryl methyl sites for hydroxylation is 1. The molecule has 0 aliphatic carbocycles. The zero-order valence-electron chi connectivity index (χ0n) is 10.3. The van der Waals surface area contributed by atoms with Gasteiger partial charge in [-0.05, 0) is 29.7 Å². The van der Waals surface area contributed by atoms with Crippen LogP contribution in [-0.2, 0) is 11.2 Å². The standard InChI is InChI=1S/C14H18N2OS/c15-11-5-7-16(9-11)14(17)13-12-4-2-1-3-10(12)6-8-18-13/h1-4,11,13H,5-9,15H2. The first-order chi connectivity index (χ1) is 8.75. The zero-order chi connectivity index (χ0) is 12.5. The lowest BCUT2D eigenvalue weighted by atomic mass is 10.0. The number of hydrogen-bond acceptors (Lipinski definition) is 3. The average molecular weight is 262 g/mol. The maximum atomic E-state index is 12.6. The van der Waals surface area contributed by atoms with E-state index in [1.54, 1.807) is 11.8 Å². The van der Waals surface area contributed by atoms with E-state index in [2.05, 4.69) is 18.2 Å². The van der Waals surface area contributed by atoms with Gasteiger partial charge in [-0.15, -0.1) is 11.8 Å². The Morgan fingerprint density at radius 1 is 1.39 bits per heavy atom. The molecular formula is C14H18N2OS. The second kappa shape index (κ2) is 4.94. The molecule has 0 radical (unpaired) electrons. The summed E-state index contributed by atoms with van der Waals surface area (Å²) < 4.78 is 0. The first-order valence-corrected chi connectivity index (χ1v) is 7.54. The van der Waals surface area contributed by atoms with Crippen LogP contribution in [0.4, 0.5) is 0 Å². The molecule has 0 saturated carbocycles. The Balaban J connectivity index is 1.83. The molecule has 2 aliphatic rings. The maximum absolute atomic E-state index is 12.6. The summed E-state index contributed by atoms with van der Waals surface area (Å²) in [4.78, 5) is 14.5. The van der Waals surface area contributed by atoms with Gasteiger partial charge in [0, 0.05) is 19.1 Å². The second-order valence-corrected chi connectivity index (χ2v) is 6.25. The molecule has 2 aliphatic heterocycles. The van der Waals surface area contributed by atoms with Gasteiger partial charge in [0.25, 0.3) is 0 Å². The van der Waals surface area contributed by atoms with Crippen LogP contribution in [0.3, 0.4) is 0 Å². The zero-order valence-corrected chi connectivity index (χ0v) is 11.2. The van der Waals surface area contributed by atoms with E-state index >= 15 is 0 Å². The normalized spacial score (nSPS) is 27.1. The lowest BCUT2D eigenvalue weighted by molar-refractivity contribution is -0.129. The number of nitrogens with two attached hydrogens (primary N) is 1. The van der Waals surface area contributed by atoms with Gasteiger partial charge in [-0.2, -0.15) is 0 Å². The number of amides is 1. The Bertz CT molecular complexity index is 463. The molecule has 0 spiro atoms. The summed E-state index contributed by atoms with van der Waals surface area (Å²) in [5.41, 5.74) is 8.43. The van der Waals surface area contributed by atoms with Gasteiger partial charge in [-0.25, -0.2) is 0 Å². The van der Waals surface area contributed by atoms with Crippen LogP contribution in [0.15, 0.2) is 24.3 Å². The highest BCUT2D eigenvalue weighted by atomic mass is 32.2. The highest BCUT2D eigenvalue weighted by Gasteiger charge is 2.33. The van der Waals surface area contributed by atoms with Crippen molar-refractivity contribution in [2.24, 2.45) is 5.73 Å². The fraction of sp³-hybridized carbons (Fsp3) is 0.500. The van der Waals surface area contributed by atoms with Crippen molar-refractivity contribution in [3.8, 4) is 0 Å². The second-order valence-electron chi connectivity index (χ2n) is 5.03. The molecule has 2 unspecified atom stereocenters. The Hall–Kier alpha value is -1.00. The van der Waals surface area contributed by atoms with Gasteiger partial charge in [-0.1, -0.05) is 24.3 Å².